The molecule has 1 rings (SSSR count). The summed E-state index contributed by atoms with van der Waals surface area (Å²) in [6, 6.07) is 0.273. The van der Waals surface area contributed by atoms with Gasteiger partial charge in [-0.05, 0) is 13.8 Å². The van der Waals surface area contributed by atoms with Crippen molar-refractivity contribution in [3.8, 4) is 0 Å². The third-order valence-electron chi connectivity index (χ3n) is 1.51. The molecule has 0 bridgehead atoms. The number of rotatable bonds is 0. The van der Waals surface area contributed by atoms with Gasteiger partial charge in [0.25, 0.3) is 0 Å². The van der Waals surface area contributed by atoms with Gasteiger partial charge in [0.1, 0.15) is 0 Å². The smallest absolute Gasteiger partial charge is 0.237 e. The second-order valence-electron chi connectivity index (χ2n) is 2.54. The molecule has 1 unspecified atom stereocenters. The van der Waals surface area contributed by atoms with Crippen molar-refractivity contribution >= 4 is 5.91 Å². The van der Waals surface area contributed by atoms with Crippen molar-refractivity contribution < 1.29 is 4.79 Å². The van der Waals surface area contributed by atoms with Crippen LogP contribution in [-0.2, 0) is 4.79 Å². The van der Waals surface area contributed by atoms with E-state index in [9.17, 15) is 4.79 Å². The van der Waals surface area contributed by atoms with Crippen molar-refractivity contribution in [3.05, 3.63) is 0 Å². The molecule has 0 aliphatic carbocycles. The molecule has 1 saturated heterocycles. The zero-order valence-electron chi connectivity index (χ0n) is 5.77. The molecule has 0 spiro atoms. The van der Waals surface area contributed by atoms with E-state index in [4.69, 9.17) is 0 Å². The molecule has 9 heavy (non-hydrogen) atoms. The van der Waals surface area contributed by atoms with E-state index in [-0.39, 0.29) is 18.0 Å². The molecule has 1 aliphatic heterocycles. The zero-order chi connectivity index (χ0) is 6.85. The molecule has 0 radical (unpaired) electrons. The molecule has 0 aromatic heterocycles. The molecular formula is C6H12N2O. The Morgan fingerprint density at radius 2 is 2.22 bits per heavy atom. The maximum atomic E-state index is 10.8. The summed E-state index contributed by atoms with van der Waals surface area (Å²) in [7, 11) is 0. The van der Waals surface area contributed by atoms with Gasteiger partial charge in [0.15, 0.2) is 0 Å². The van der Waals surface area contributed by atoms with E-state index in [1.54, 1.807) is 0 Å². The van der Waals surface area contributed by atoms with Crippen LogP contribution in [0.15, 0.2) is 0 Å². The lowest BCUT2D eigenvalue weighted by atomic mass is 10.2. The number of nitrogens with one attached hydrogen (secondary N) is 2. The van der Waals surface area contributed by atoms with Gasteiger partial charge >= 0.3 is 0 Å². The topological polar surface area (TPSA) is 41.1 Å². The lowest BCUT2D eigenvalue weighted by Crippen LogP contribution is -2.55. The van der Waals surface area contributed by atoms with Crippen LogP contribution in [0.5, 0.6) is 0 Å². The maximum absolute atomic E-state index is 10.8. The minimum atomic E-state index is -0.0128. The Balaban J connectivity index is 2.44. The third-order valence-corrected chi connectivity index (χ3v) is 1.51. The molecule has 0 aromatic carbocycles. The summed E-state index contributed by atoms with van der Waals surface area (Å²) >= 11 is 0. The Hall–Kier alpha value is -0.570. The summed E-state index contributed by atoms with van der Waals surface area (Å²) < 4.78 is 0. The first-order chi connectivity index (χ1) is 4.20. The fraction of sp³-hybridized carbons (Fsp3) is 0.833. The van der Waals surface area contributed by atoms with Crippen LogP contribution in [-0.4, -0.2) is 24.5 Å². The van der Waals surface area contributed by atoms with Crippen LogP contribution in [0.1, 0.15) is 13.8 Å². The molecule has 2 atom stereocenters. The number of amides is 1. The second-order valence-corrected chi connectivity index (χ2v) is 2.54. The van der Waals surface area contributed by atoms with Crippen molar-refractivity contribution in [3.63, 3.8) is 0 Å². The highest BCUT2D eigenvalue weighted by Crippen LogP contribution is 1.91. The molecule has 0 saturated carbocycles. The monoisotopic (exact) mass is 128 g/mol. The Bertz CT molecular complexity index is 124. The zero-order valence-corrected chi connectivity index (χ0v) is 5.77. The third kappa shape index (κ3) is 1.42. The molecule has 1 aliphatic rings. The van der Waals surface area contributed by atoms with Gasteiger partial charge in [0, 0.05) is 12.6 Å². The minimum absolute atomic E-state index is 0.0128. The van der Waals surface area contributed by atoms with Gasteiger partial charge < -0.3 is 10.6 Å². The average Bonchev–Trinajstić information content (AvgIpc) is 1.80. The van der Waals surface area contributed by atoms with Gasteiger partial charge in [-0.25, -0.2) is 0 Å². The largest absolute Gasteiger partial charge is 0.351 e. The van der Waals surface area contributed by atoms with Gasteiger partial charge in [-0.3, -0.25) is 4.79 Å². The van der Waals surface area contributed by atoms with E-state index in [0.29, 0.717) is 0 Å². The molecule has 3 heteroatoms. The normalized spacial score (nSPS) is 36.0. The van der Waals surface area contributed by atoms with Crippen LogP contribution in [0.4, 0.5) is 0 Å². The molecule has 52 valence electrons. The first kappa shape index (κ1) is 6.55. The highest BCUT2D eigenvalue weighted by atomic mass is 16.2. The van der Waals surface area contributed by atoms with Crippen molar-refractivity contribution in [2.45, 2.75) is 25.9 Å². The number of carbonyl (C=O) groups excluding carboxylic acids is 1. The Kier molecular flexibility index (Phi) is 1.71. The molecule has 2 N–H and O–H groups in total. The van der Waals surface area contributed by atoms with Gasteiger partial charge in [-0.1, -0.05) is 0 Å². The van der Waals surface area contributed by atoms with Crippen LogP contribution >= 0.6 is 0 Å². The number of hydrogen-bond acceptors (Lipinski definition) is 2. The van der Waals surface area contributed by atoms with E-state index in [2.05, 4.69) is 10.6 Å². The lowest BCUT2D eigenvalue weighted by molar-refractivity contribution is -0.124. The van der Waals surface area contributed by atoms with E-state index in [1.807, 2.05) is 13.8 Å². The molecule has 0 aromatic rings. The molecule has 3 nitrogen and oxygen atoms in total. The summed E-state index contributed by atoms with van der Waals surface area (Å²) in [5.41, 5.74) is 0. The van der Waals surface area contributed by atoms with Crippen LogP contribution in [0.3, 0.4) is 0 Å². The fourth-order valence-electron chi connectivity index (χ4n) is 0.865. The van der Waals surface area contributed by atoms with Crippen LogP contribution in [0.2, 0.25) is 0 Å². The standard InChI is InChI=1S/C6H12N2O/c1-4-3-7-5(2)6(9)8-4/h4-5,7H,3H2,1-2H3,(H,8,9)/t4-,5?/m0/s1. The fourth-order valence-corrected chi connectivity index (χ4v) is 0.865. The Labute approximate surface area is 54.8 Å². The Morgan fingerprint density at radius 1 is 1.56 bits per heavy atom. The summed E-state index contributed by atoms with van der Waals surface area (Å²) in [6.45, 7) is 4.73. The summed E-state index contributed by atoms with van der Waals surface area (Å²) in [5, 5.41) is 5.90. The average molecular weight is 128 g/mol. The van der Waals surface area contributed by atoms with Crippen LogP contribution in [0, 0.1) is 0 Å². The Morgan fingerprint density at radius 3 is 2.67 bits per heavy atom. The minimum Gasteiger partial charge on any atom is -0.351 e. The van der Waals surface area contributed by atoms with Crippen molar-refractivity contribution in [1.29, 1.82) is 0 Å². The predicted molar refractivity (Wildman–Crippen MR) is 35.1 cm³/mol. The number of hydrogen-bond donors (Lipinski definition) is 2. The van der Waals surface area contributed by atoms with Crippen LogP contribution < -0.4 is 10.6 Å². The van der Waals surface area contributed by atoms with Gasteiger partial charge in [0.05, 0.1) is 6.04 Å². The van der Waals surface area contributed by atoms with Gasteiger partial charge in [-0.15, -0.1) is 0 Å². The van der Waals surface area contributed by atoms with Crippen molar-refractivity contribution in [2.24, 2.45) is 0 Å². The summed E-state index contributed by atoms with van der Waals surface area (Å²) in [6.07, 6.45) is 0. The van der Waals surface area contributed by atoms with Gasteiger partial charge in [0.2, 0.25) is 5.91 Å². The molecule has 1 amide bonds. The highest BCUT2D eigenvalue weighted by molar-refractivity contribution is 5.82. The summed E-state index contributed by atoms with van der Waals surface area (Å²) in [5.74, 6) is 0.105. The van der Waals surface area contributed by atoms with Crippen LogP contribution in [0.25, 0.3) is 0 Å². The van der Waals surface area contributed by atoms with Crippen molar-refractivity contribution in [1.82, 2.24) is 10.6 Å². The number of piperazine rings is 1. The summed E-state index contributed by atoms with van der Waals surface area (Å²) in [4.78, 5) is 10.8. The first-order valence-corrected chi connectivity index (χ1v) is 3.24. The highest BCUT2D eigenvalue weighted by Gasteiger charge is 2.19. The first-order valence-electron chi connectivity index (χ1n) is 3.24. The van der Waals surface area contributed by atoms with Gasteiger partial charge in [-0.2, -0.15) is 0 Å². The van der Waals surface area contributed by atoms with E-state index in [1.165, 1.54) is 0 Å². The predicted octanol–water partition coefficient (Wildman–Crippen LogP) is -0.517. The SMILES string of the molecule is CC1NC[C@H](C)NC1=O. The number of carbonyl (C=O) groups is 1. The lowest BCUT2D eigenvalue weighted by Gasteiger charge is -2.25. The van der Waals surface area contributed by atoms with E-state index >= 15 is 0 Å². The quantitative estimate of drug-likeness (QED) is 0.461. The van der Waals surface area contributed by atoms with E-state index in [0.717, 1.165) is 6.54 Å². The maximum Gasteiger partial charge on any atom is 0.237 e. The molecular weight excluding hydrogens is 116 g/mol. The van der Waals surface area contributed by atoms with E-state index < -0.39 is 0 Å². The second kappa shape index (κ2) is 2.35. The van der Waals surface area contributed by atoms with Crippen molar-refractivity contribution in [2.75, 3.05) is 6.54 Å². The molecule has 1 fully saturated rings. The molecule has 1 heterocycles.